The quantitative estimate of drug-likeness (QED) is 0.882. The minimum Gasteiger partial charge on any atom is -0.467 e. The van der Waals surface area contributed by atoms with Crippen LogP contribution in [-0.2, 0) is 6.54 Å². The van der Waals surface area contributed by atoms with Gasteiger partial charge in [-0.2, -0.15) is 5.26 Å². The van der Waals surface area contributed by atoms with Crippen molar-refractivity contribution in [1.82, 2.24) is 0 Å². The number of nitriles is 1. The van der Waals surface area contributed by atoms with Crippen LogP contribution >= 0.6 is 11.6 Å². The molecule has 1 N–H and O–H groups in total. The van der Waals surface area contributed by atoms with Gasteiger partial charge in [0.05, 0.1) is 23.4 Å². The summed E-state index contributed by atoms with van der Waals surface area (Å²) in [5, 5.41) is 12.4. The first-order valence-corrected chi connectivity index (χ1v) is 5.13. The van der Waals surface area contributed by atoms with Crippen molar-refractivity contribution in [3.05, 3.63) is 52.9 Å². The van der Waals surface area contributed by atoms with Crippen molar-refractivity contribution in [1.29, 1.82) is 5.26 Å². The zero-order chi connectivity index (χ0) is 11.4. The maximum atomic E-state index is 8.81. The van der Waals surface area contributed by atoms with Crippen LogP contribution in [0.4, 0.5) is 5.69 Å². The van der Waals surface area contributed by atoms with Gasteiger partial charge >= 0.3 is 0 Å². The van der Waals surface area contributed by atoms with Gasteiger partial charge in [0, 0.05) is 5.69 Å². The number of hydrogen-bond acceptors (Lipinski definition) is 3. The fraction of sp³-hybridized carbons (Fsp3) is 0.0833. The number of benzene rings is 1. The number of rotatable bonds is 3. The largest absolute Gasteiger partial charge is 0.467 e. The third kappa shape index (κ3) is 2.36. The standard InChI is InChI=1S/C12H9ClN2O/c13-12-4-3-10(6-9(12)7-14)15-8-11-2-1-5-16-11/h1-6,15H,8H2. The lowest BCUT2D eigenvalue weighted by molar-refractivity contribution is 0.518. The number of nitrogens with zero attached hydrogens (tertiary/aromatic N) is 1. The van der Waals surface area contributed by atoms with E-state index in [1.807, 2.05) is 24.3 Å². The van der Waals surface area contributed by atoms with Gasteiger partial charge in [0.15, 0.2) is 0 Å². The van der Waals surface area contributed by atoms with Crippen molar-refractivity contribution in [3.63, 3.8) is 0 Å². The van der Waals surface area contributed by atoms with Crippen LogP contribution in [-0.4, -0.2) is 0 Å². The Balaban J connectivity index is 2.08. The van der Waals surface area contributed by atoms with Gasteiger partial charge in [-0.25, -0.2) is 0 Å². The summed E-state index contributed by atoms with van der Waals surface area (Å²) in [6.07, 6.45) is 1.62. The lowest BCUT2D eigenvalue weighted by Crippen LogP contribution is -1.98. The average molecular weight is 233 g/mol. The van der Waals surface area contributed by atoms with E-state index in [0.717, 1.165) is 11.4 Å². The summed E-state index contributed by atoms with van der Waals surface area (Å²) in [6, 6.07) is 11.0. The summed E-state index contributed by atoms with van der Waals surface area (Å²) in [6.45, 7) is 0.583. The van der Waals surface area contributed by atoms with Crippen LogP contribution in [0, 0.1) is 11.3 Å². The molecule has 0 atom stereocenters. The van der Waals surface area contributed by atoms with Gasteiger partial charge in [-0.3, -0.25) is 0 Å². The smallest absolute Gasteiger partial charge is 0.122 e. The summed E-state index contributed by atoms with van der Waals surface area (Å²) in [5.74, 6) is 0.841. The molecule has 4 heteroatoms. The molecule has 0 amide bonds. The molecule has 0 aliphatic rings. The average Bonchev–Trinajstić information content (AvgIpc) is 2.81. The van der Waals surface area contributed by atoms with E-state index in [1.165, 1.54) is 0 Å². The predicted molar refractivity (Wildman–Crippen MR) is 62.2 cm³/mol. The van der Waals surface area contributed by atoms with Gasteiger partial charge in [0.25, 0.3) is 0 Å². The maximum absolute atomic E-state index is 8.81. The van der Waals surface area contributed by atoms with Crippen LogP contribution in [0.5, 0.6) is 0 Å². The molecule has 0 bridgehead atoms. The highest BCUT2D eigenvalue weighted by Gasteiger charge is 2.01. The lowest BCUT2D eigenvalue weighted by atomic mass is 10.2. The van der Waals surface area contributed by atoms with E-state index in [2.05, 4.69) is 5.32 Å². The summed E-state index contributed by atoms with van der Waals surface area (Å²) in [5.41, 5.74) is 1.31. The monoisotopic (exact) mass is 232 g/mol. The van der Waals surface area contributed by atoms with Gasteiger partial charge in [0.2, 0.25) is 0 Å². The Hall–Kier alpha value is -1.92. The highest BCUT2D eigenvalue weighted by molar-refractivity contribution is 6.31. The molecule has 0 aliphatic heterocycles. The normalized spacial score (nSPS) is 9.75. The first-order chi connectivity index (χ1) is 7.79. The molecule has 0 fully saturated rings. The van der Waals surface area contributed by atoms with Crippen molar-refractivity contribution in [2.45, 2.75) is 6.54 Å². The zero-order valence-electron chi connectivity index (χ0n) is 8.40. The number of hydrogen-bond donors (Lipinski definition) is 1. The van der Waals surface area contributed by atoms with E-state index in [9.17, 15) is 0 Å². The van der Waals surface area contributed by atoms with Crippen LogP contribution in [0.25, 0.3) is 0 Å². The van der Waals surface area contributed by atoms with Crippen LogP contribution < -0.4 is 5.32 Å². The van der Waals surface area contributed by atoms with E-state index >= 15 is 0 Å². The minimum atomic E-state index is 0.464. The van der Waals surface area contributed by atoms with Crippen LogP contribution in [0.3, 0.4) is 0 Å². The summed E-state index contributed by atoms with van der Waals surface area (Å²) in [4.78, 5) is 0. The van der Waals surface area contributed by atoms with Gasteiger partial charge in [-0.1, -0.05) is 11.6 Å². The molecular weight excluding hydrogens is 224 g/mol. The summed E-state index contributed by atoms with van der Waals surface area (Å²) in [7, 11) is 0. The Bertz CT molecular complexity index is 514. The van der Waals surface area contributed by atoms with Crippen molar-refractivity contribution >= 4 is 17.3 Å². The van der Waals surface area contributed by atoms with Gasteiger partial charge < -0.3 is 9.73 Å². The van der Waals surface area contributed by atoms with E-state index in [1.54, 1.807) is 18.4 Å². The number of furan rings is 1. The number of halogens is 1. The molecule has 80 valence electrons. The molecular formula is C12H9ClN2O. The van der Waals surface area contributed by atoms with Crippen molar-refractivity contribution < 1.29 is 4.42 Å². The lowest BCUT2D eigenvalue weighted by Gasteiger charge is -2.05. The van der Waals surface area contributed by atoms with Crippen LogP contribution in [0.1, 0.15) is 11.3 Å². The molecule has 1 aromatic carbocycles. The fourth-order valence-electron chi connectivity index (χ4n) is 1.32. The summed E-state index contributed by atoms with van der Waals surface area (Å²) < 4.78 is 5.18. The predicted octanol–water partition coefficient (Wildman–Crippen LogP) is 3.42. The highest BCUT2D eigenvalue weighted by atomic mass is 35.5. The van der Waals surface area contributed by atoms with E-state index in [-0.39, 0.29) is 0 Å². The second-order valence-corrected chi connectivity index (χ2v) is 3.65. The molecule has 0 saturated heterocycles. The topological polar surface area (TPSA) is 49.0 Å². The second-order valence-electron chi connectivity index (χ2n) is 3.24. The maximum Gasteiger partial charge on any atom is 0.122 e. The molecule has 0 spiro atoms. The van der Waals surface area contributed by atoms with E-state index < -0.39 is 0 Å². The van der Waals surface area contributed by atoms with Gasteiger partial charge in [-0.15, -0.1) is 0 Å². The van der Waals surface area contributed by atoms with Crippen LogP contribution in [0.2, 0.25) is 5.02 Å². The Morgan fingerprint density at radius 2 is 2.25 bits per heavy atom. The molecule has 0 saturated carbocycles. The fourth-order valence-corrected chi connectivity index (χ4v) is 1.48. The van der Waals surface area contributed by atoms with Crippen molar-refractivity contribution in [2.75, 3.05) is 5.32 Å². The molecule has 16 heavy (non-hydrogen) atoms. The molecule has 0 unspecified atom stereocenters. The molecule has 2 aromatic rings. The molecule has 2 rings (SSSR count). The van der Waals surface area contributed by atoms with E-state index in [0.29, 0.717) is 17.1 Å². The zero-order valence-corrected chi connectivity index (χ0v) is 9.16. The molecule has 0 aliphatic carbocycles. The molecule has 1 aromatic heterocycles. The van der Waals surface area contributed by atoms with Crippen molar-refractivity contribution in [3.8, 4) is 6.07 Å². The third-order valence-electron chi connectivity index (χ3n) is 2.13. The Kier molecular flexibility index (Phi) is 3.13. The molecule has 3 nitrogen and oxygen atoms in total. The first-order valence-electron chi connectivity index (χ1n) is 4.75. The molecule has 0 radical (unpaired) electrons. The number of nitrogens with one attached hydrogen (secondary N) is 1. The second kappa shape index (κ2) is 4.73. The first kappa shape index (κ1) is 10.6. The SMILES string of the molecule is N#Cc1cc(NCc2ccco2)ccc1Cl. The summed E-state index contributed by atoms with van der Waals surface area (Å²) >= 11 is 5.83. The Morgan fingerprint density at radius 1 is 1.38 bits per heavy atom. The molecule has 1 heterocycles. The Labute approximate surface area is 98.3 Å². The number of anilines is 1. The minimum absolute atomic E-state index is 0.464. The van der Waals surface area contributed by atoms with Gasteiger partial charge in [-0.05, 0) is 30.3 Å². The third-order valence-corrected chi connectivity index (χ3v) is 2.46. The van der Waals surface area contributed by atoms with Gasteiger partial charge in [0.1, 0.15) is 11.8 Å². The highest BCUT2D eigenvalue weighted by Crippen LogP contribution is 2.20. The van der Waals surface area contributed by atoms with Crippen molar-refractivity contribution in [2.24, 2.45) is 0 Å². The Morgan fingerprint density at radius 3 is 2.94 bits per heavy atom. The van der Waals surface area contributed by atoms with Crippen LogP contribution in [0.15, 0.2) is 41.0 Å². The van der Waals surface area contributed by atoms with E-state index in [4.69, 9.17) is 21.3 Å².